The first-order chi connectivity index (χ1) is 8.74. The van der Waals surface area contributed by atoms with E-state index in [1.54, 1.807) is 0 Å². The third-order valence-electron chi connectivity index (χ3n) is 3.29. The van der Waals surface area contributed by atoms with E-state index < -0.39 is 0 Å². The Morgan fingerprint density at radius 2 is 2.33 bits per heavy atom. The lowest BCUT2D eigenvalue weighted by atomic mass is 10.1. The standard InChI is InChI=1S/C14H22N2O2/c1-11-3-4-14(12(7-11)8-15-2)16-5-6-18-13(9-16)10-17/h3-4,7,13,15,17H,5-6,8-10H2,1-2H3. The number of aliphatic hydroxyl groups is 1. The Bertz CT molecular complexity index is 395. The summed E-state index contributed by atoms with van der Waals surface area (Å²) in [5.41, 5.74) is 3.82. The zero-order chi connectivity index (χ0) is 13.0. The normalized spacial score (nSPS) is 20.2. The van der Waals surface area contributed by atoms with E-state index in [0.717, 1.165) is 19.6 Å². The van der Waals surface area contributed by atoms with Gasteiger partial charge in [0.25, 0.3) is 0 Å². The molecule has 18 heavy (non-hydrogen) atoms. The van der Waals surface area contributed by atoms with Crippen LogP contribution in [0.3, 0.4) is 0 Å². The molecule has 0 amide bonds. The van der Waals surface area contributed by atoms with Gasteiger partial charge in [-0.1, -0.05) is 17.7 Å². The van der Waals surface area contributed by atoms with Crippen molar-refractivity contribution in [3.63, 3.8) is 0 Å². The van der Waals surface area contributed by atoms with Crippen molar-refractivity contribution in [3.05, 3.63) is 29.3 Å². The highest BCUT2D eigenvalue weighted by atomic mass is 16.5. The Labute approximate surface area is 109 Å². The van der Waals surface area contributed by atoms with E-state index in [-0.39, 0.29) is 12.7 Å². The predicted molar refractivity (Wildman–Crippen MR) is 73.0 cm³/mol. The summed E-state index contributed by atoms with van der Waals surface area (Å²) in [6.45, 7) is 5.38. The number of anilines is 1. The second-order valence-electron chi connectivity index (χ2n) is 4.78. The van der Waals surface area contributed by atoms with Gasteiger partial charge in [-0.15, -0.1) is 0 Å². The molecule has 0 saturated carbocycles. The number of rotatable bonds is 4. The Kier molecular flexibility index (Phi) is 4.58. The van der Waals surface area contributed by atoms with Gasteiger partial charge in [-0.25, -0.2) is 0 Å². The molecule has 0 aliphatic carbocycles. The fourth-order valence-electron chi connectivity index (χ4n) is 2.40. The van der Waals surface area contributed by atoms with Gasteiger partial charge < -0.3 is 20.1 Å². The molecular weight excluding hydrogens is 228 g/mol. The van der Waals surface area contributed by atoms with Crippen molar-refractivity contribution >= 4 is 5.69 Å². The Balaban J connectivity index is 2.20. The number of morpholine rings is 1. The smallest absolute Gasteiger partial charge is 0.0980 e. The monoisotopic (exact) mass is 250 g/mol. The van der Waals surface area contributed by atoms with Gasteiger partial charge in [0.15, 0.2) is 0 Å². The summed E-state index contributed by atoms with van der Waals surface area (Å²) in [5, 5.41) is 12.4. The van der Waals surface area contributed by atoms with Crippen LogP contribution in [0, 0.1) is 6.92 Å². The van der Waals surface area contributed by atoms with E-state index in [0.29, 0.717) is 6.61 Å². The van der Waals surface area contributed by atoms with Crippen LogP contribution in [0.15, 0.2) is 18.2 Å². The molecule has 1 heterocycles. The summed E-state index contributed by atoms with van der Waals surface area (Å²) in [6.07, 6.45) is -0.0671. The first-order valence-corrected chi connectivity index (χ1v) is 6.46. The molecule has 2 rings (SSSR count). The second-order valence-corrected chi connectivity index (χ2v) is 4.78. The molecule has 4 heteroatoms. The summed E-state index contributed by atoms with van der Waals surface area (Å²) in [5.74, 6) is 0. The molecule has 0 aromatic heterocycles. The van der Waals surface area contributed by atoms with E-state index in [1.165, 1.54) is 16.8 Å². The zero-order valence-corrected chi connectivity index (χ0v) is 11.1. The maximum atomic E-state index is 9.21. The topological polar surface area (TPSA) is 44.7 Å². The lowest BCUT2D eigenvalue weighted by Crippen LogP contribution is -2.44. The molecule has 100 valence electrons. The minimum absolute atomic E-state index is 0.0671. The quantitative estimate of drug-likeness (QED) is 0.834. The zero-order valence-electron chi connectivity index (χ0n) is 11.1. The van der Waals surface area contributed by atoms with Gasteiger partial charge >= 0.3 is 0 Å². The van der Waals surface area contributed by atoms with Crippen molar-refractivity contribution in [2.45, 2.75) is 19.6 Å². The van der Waals surface area contributed by atoms with Gasteiger partial charge in [0.1, 0.15) is 0 Å². The molecule has 1 saturated heterocycles. The van der Waals surface area contributed by atoms with Crippen LogP contribution in [0.1, 0.15) is 11.1 Å². The summed E-state index contributed by atoms with van der Waals surface area (Å²) in [7, 11) is 1.96. The van der Waals surface area contributed by atoms with Crippen LogP contribution in [-0.4, -0.2) is 44.6 Å². The van der Waals surface area contributed by atoms with Gasteiger partial charge in [0, 0.05) is 25.3 Å². The molecule has 0 bridgehead atoms. The Morgan fingerprint density at radius 3 is 3.06 bits per heavy atom. The molecular formula is C14H22N2O2. The first kappa shape index (κ1) is 13.3. The molecule has 1 aromatic rings. The number of benzene rings is 1. The summed E-state index contributed by atoms with van der Waals surface area (Å²) < 4.78 is 5.50. The maximum Gasteiger partial charge on any atom is 0.0980 e. The van der Waals surface area contributed by atoms with E-state index >= 15 is 0 Å². The van der Waals surface area contributed by atoms with E-state index in [1.807, 2.05) is 7.05 Å². The average Bonchev–Trinajstić information content (AvgIpc) is 2.39. The van der Waals surface area contributed by atoms with Gasteiger partial charge in [-0.3, -0.25) is 0 Å². The number of hydrogen-bond donors (Lipinski definition) is 2. The van der Waals surface area contributed by atoms with E-state index in [2.05, 4.69) is 35.3 Å². The van der Waals surface area contributed by atoms with Crippen LogP contribution in [0.5, 0.6) is 0 Å². The third kappa shape index (κ3) is 3.02. The number of ether oxygens (including phenoxy) is 1. The van der Waals surface area contributed by atoms with Crippen molar-refractivity contribution in [3.8, 4) is 0 Å². The number of nitrogens with zero attached hydrogens (tertiary/aromatic N) is 1. The summed E-state index contributed by atoms with van der Waals surface area (Å²) >= 11 is 0. The lowest BCUT2D eigenvalue weighted by molar-refractivity contribution is 0.00352. The molecule has 1 fully saturated rings. The molecule has 2 N–H and O–H groups in total. The molecule has 0 radical (unpaired) electrons. The molecule has 1 aliphatic heterocycles. The van der Waals surface area contributed by atoms with Crippen LogP contribution in [0.25, 0.3) is 0 Å². The van der Waals surface area contributed by atoms with Gasteiger partial charge in [0.2, 0.25) is 0 Å². The van der Waals surface area contributed by atoms with Crippen molar-refractivity contribution in [1.29, 1.82) is 0 Å². The molecule has 1 aromatic carbocycles. The SMILES string of the molecule is CNCc1cc(C)ccc1N1CCOC(CO)C1. The van der Waals surface area contributed by atoms with Crippen molar-refractivity contribution in [1.82, 2.24) is 5.32 Å². The Morgan fingerprint density at radius 1 is 1.50 bits per heavy atom. The van der Waals surface area contributed by atoms with Crippen molar-refractivity contribution in [2.24, 2.45) is 0 Å². The van der Waals surface area contributed by atoms with Crippen LogP contribution < -0.4 is 10.2 Å². The molecule has 1 aliphatic rings. The maximum absolute atomic E-state index is 9.21. The molecule has 0 spiro atoms. The van der Waals surface area contributed by atoms with Gasteiger partial charge in [-0.05, 0) is 25.6 Å². The van der Waals surface area contributed by atoms with Crippen LogP contribution in [0.4, 0.5) is 5.69 Å². The fraction of sp³-hybridized carbons (Fsp3) is 0.571. The third-order valence-corrected chi connectivity index (χ3v) is 3.29. The van der Waals surface area contributed by atoms with Gasteiger partial charge in [0.05, 0.1) is 19.3 Å². The average molecular weight is 250 g/mol. The fourth-order valence-corrected chi connectivity index (χ4v) is 2.40. The summed E-state index contributed by atoms with van der Waals surface area (Å²) in [6, 6.07) is 6.52. The van der Waals surface area contributed by atoms with Crippen molar-refractivity contribution in [2.75, 3.05) is 38.3 Å². The second kappa shape index (κ2) is 6.18. The number of nitrogens with one attached hydrogen (secondary N) is 1. The molecule has 1 atom stereocenters. The minimum Gasteiger partial charge on any atom is -0.394 e. The molecule has 4 nitrogen and oxygen atoms in total. The summed E-state index contributed by atoms with van der Waals surface area (Å²) in [4.78, 5) is 2.30. The minimum atomic E-state index is -0.0671. The highest BCUT2D eigenvalue weighted by molar-refractivity contribution is 5.55. The van der Waals surface area contributed by atoms with Gasteiger partial charge in [-0.2, -0.15) is 0 Å². The van der Waals surface area contributed by atoms with Crippen molar-refractivity contribution < 1.29 is 9.84 Å². The van der Waals surface area contributed by atoms with E-state index in [9.17, 15) is 5.11 Å². The number of hydrogen-bond acceptors (Lipinski definition) is 4. The van der Waals surface area contributed by atoms with Crippen LogP contribution >= 0.6 is 0 Å². The number of aryl methyl sites for hydroxylation is 1. The van der Waals surface area contributed by atoms with Crippen LogP contribution in [0.2, 0.25) is 0 Å². The highest BCUT2D eigenvalue weighted by Crippen LogP contribution is 2.24. The molecule has 1 unspecified atom stereocenters. The Hall–Kier alpha value is -1.10. The number of aliphatic hydroxyl groups excluding tert-OH is 1. The van der Waals surface area contributed by atoms with Crippen LogP contribution in [-0.2, 0) is 11.3 Å². The highest BCUT2D eigenvalue weighted by Gasteiger charge is 2.21. The van der Waals surface area contributed by atoms with E-state index in [4.69, 9.17) is 4.74 Å². The first-order valence-electron chi connectivity index (χ1n) is 6.46. The lowest BCUT2D eigenvalue weighted by Gasteiger charge is -2.35. The largest absolute Gasteiger partial charge is 0.394 e. The predicted octanol–water partition coefficient (Wildman–Crippen LogP) is 0.912.